The Morgan fingerprint density at radius 2 is 1.77 bits per heavy atom. The molecule has 1 amide bonds. The highest BCUT2D eigenvalue weighted by Crippen LogP contribution is 2.54. The first kappa shape index (κ1) is 31.6. The number of carbonyl (C=O) groups is 2. The summed E-state index contributed by atoms with van der Waals surface area (Å²) >= 11 is 10.2. The molecule has 1 unspecified atom stereocenters. The van der Waals surface area contributed by atoms with Crippen molar-refractivity contribution in [3.8, 4) is 0 Å². The maximum atomic E-state index is 14.6. The van der Waals surface area contributed by atoms with E-state index >= 15 is 0 Å². The third kappa shape index (κ3) is 7.13. The van der Waals surface area contributed by atoms with Gasteiger partial charge in [-0.1, -0.05) is 72.6 Å². The molecule has 11 heteroatoms. The van der Waals surface area contributed by atoms with Gasteiger partial charge < -0.3 is 10.0 Å². The van der Waals surface area contributed by atoms with E-state index in [4.69, 9.17) is 23.2 Å². The van der Waals surface area contributed by atoms with Crippen LogP contribution in [0.25, 0.3) is 0 Å². The van der Waals surface area contributed by atoms with E-state index < -0.39 is 40.6 Å². The number of benzene rings is 3. The molecule has 1 saturated carbocycles. The highest BCUT2D eigenvalue weighted by atomic mass is 35.5. The molecule has 2 N–H and O–H groups in total. The summed E-state index contributed by atoms with van der Waals surface area (Å²) < 4.78 is 38.8. The van der Waals surface area contributed by atoms with Crippen molar-refractivity contribution >= 4 is 46.3 Å². The number of hydrogen-bond acceptors (Lipinski definition) is 3. The van der Waals surface area contributed by atoms with Gasteiger partial charge in [0.15, 0.2) is 0 Å². The summed E-state index contributed by atoms with van der Waals surface area (Å²) in [6.07, 6.45) is 1.47. The van der Waals surface area contributed by atoms with Crippen LogP contribution in [0.2, 0.25) is 10.0 Å². The minimum atomic E-state index is -2.47. The smallest absolute Gasteiger partial charge is 0.304 e. The highest BCUT2D eigenvalue weighted by Gasteiger charge is 2.54. The number of aliphatic carboxylic acids is 1. The Kier molecular flexibility index (Phi) is 9.58. The van der Waals surface area contributed by atoms with E-state index in [2.05, 4.69) is 0 Å². The molecule has 7 nitrogen and oxygen atoms in total. The Morgan fingerprint density at radius 3 is 2.37 bits per heavy atom. The molecule has 5 rings (SSSR count). The SMILES string of the molecule is C[C@]1(CC(=O)O)C[C@H](c2cccc(Cl)c2)[C@@H](c2ccc(Cl)cc2)N([C@H](CN(Cc2ccccc2F)S(=O)O)C2CC2)C1=O. The van der Waals surface area contributed by atoms with Gasteiger partial charge in [-0.2, -0.15) is 4.31 Å². The van der Waals surface area contributed by atoms with E-state index in [1.54, 1.807) is 48.2 Å². The molecule has 3 aromatic rings. The number of hydrogen-bond donors (Lipinski definition) is 2. The molecular weight excluding hydrogens is 614 g/mol. The van der Waals surface area contributed by atoms with E-state index in [0.717, 1.165) is 24.0 Å². The zero-order valence-electron chi connectivity index (χ0n) is 23.5. The van der Waals surface area contributed by atoms with Crippen LogP contribution in [0.1, 0.15) is 61.3 Å². The first-order chi connectivity index (χ1) is 20.5. The molecule has 1 heterocycles. The van der Waals surface area contributed by atoms with Crippen molar-refractivity contribution < 1.29 is 27.8 Å². The van der Waals surface area contributed by atoms with Crippen LogP contribution < -0.4 is 0 Å². The number of halogens is 3. The molecule has 0 aromatic heterocycles. The zero-order valence-corrected chi connectivity index (χ0v) is 25.9. The van der Waals surface area contributed by atoms with Gasteiger partial charge in [0, 0.05) is 40.7 Å². The lowest BCUT2D eigenvalue weighted by Gasteiger charge is -2.52. The lowest BCUT2D eigenvalue weighted by atomic mass is 9.67. The van der Waals surface area contributed by atoms with Crippen LogP contribution in [-0.4, -0.2) is 47.5 Å². The molecule has 0 spiro atoms. The Bertz CT molecular complexity index is 1520. The largest absolute Gasteiger partial charge is 0.481 e. The van der Waals surface area contributed by atoms with Crippen molar-refractivity contribution in [3.63, 3.8) is 0 Å². The molecule has 0 bridgehead atoms. The van der Waals surface area contributed by atoms with Crippen molar-refractivity contribution in [1.82, 2.24) is 9.21 Å². The number of amides is 1. The molecule has 2 fully saturated rings. The van der Waals surface area contributed by atoms with Crippen molar-refractivity contribution in [2.45, 2.75) is 57.2 Å². The highest BCUT2D eigenvalue weighted by molar-refractivity contribution is 7.76. The minimum absolute atomic E-state index is 0.0106. The fourth-order valence-corrected chi connectivity index (χ4v) is 7.25. The van der Waals surface area contributed by atoms with Gasteiger partial charge in [-0.3, -0.25) is 14.1 Å². The average molecular weight is 648 g/mol. The molecule has 228 valence electrons. The number of carboxylic acids is 1. The van der Waals surface area contributed by atoms with Crippen molar-refractivity contribution in [2.24, 2.45) is 11.3 Å². The van der Waals surface area contributed by atoms with E-state index in [9.17, 15) is 27.8 Å². The van der Waals surface area contributed by atoms with E-state index in [1.807, 2.05) is 30.3 Å². The van der Waals surface area contributed by atoms with Gasteiger partial charge in [0.2, 0.25) is 17.2 Å². The van der Waals surface area contributed by atoms with E-state index in [1.165, 1.54) is 10.4 Å². The molecule has 1 aliphatic carbocycles. The lowest BCUT2D eigenvalue weighted by molar-refractivity contribution is -0.161. The molecular formula is C32H33Cl2FN2O5S. The maximum Gasteiger partial charge on any atom is 0.304 e. The van der Waals surface area contributed by atoms with Crippen LogP contribution >= 0.6 is 23.2 Å². The number of piperidine rings is 1. The number of rotatable bonds is 11. The van der Waals surface area contributed by atoms with Crippen LogP contribution in [0.3, 0.4) is 0 Å². The monoisotopic (exact) mass is 646 g/mol. The number of carboxylic acid groups (broad SMARTS) is 1. The van der Waals surface area contributed by atoms with Crippen molar-refractivity contribution in [2.75, 3.05) is 6.54 Å². The van der Waals surface area contributed by atoms with E-state index in [0.29, 0.717) is 10.0 Å². The summed E-state index contributed by atoms with van der Waals surface area (Å²) in [5.41, 5.74) is 0.650. The van der Waals surface area contributed by atoms with Gasteiger partial charge in [-0.05, 0) is 66.6 Å². The van der Waals surface area contributed by atoms with Crippen LogP contribution in [0, 0.1) is 17.2 Å². The standard InChI is InChI=1S/C32H33Cl2FN2O5S/c1-32(17-29(38)39)16-26(22-6-4-7-25(34)15-22)30(21-11-13-24(33)14-12-21)37(31(32)40)28(20-9-10-20)19-36(43(41)42)18-23-5-2-3-8-27(23)35/h2-8,11-15,20,26,28,30H,9-10,16-19H2,1H3,(H,38,39)(H,41,42)/t26-,28-,30-,32-/m1/s1. The van der Waals surface area contributed by atoms with Gasteiger partial charge in [0.05, 0.1) is 17.9 Å². The van der Waals surface area contributed by atoms with Gasteiger partial charge in [-0.25, -0.2) is 8.60 Å². The third-order valence-electron chi connectivity index (χ3n) is 8.57. The Labute approximate surface area is 263 Å². The summed E-state index contributed by atoms with van der Waals surface area (Å²) in [4.78, 5) is 28.5. The average Bonchev–Trinajstić information content (AvgIpc) is 3.79. The maximum absolute atomic E-state index is 14.6. The van der Waals surface area contributed by atoms with Crippen LogP contribution in [0.15, 0.2) is 72.8 Å². The Balaban J connectivity index is 1.64. The first-order valence-electron chi connectivity index (χ1n) is 14.1. The fourth-order valence-electron chi connectivity index (χ4n) is 6.40. The third-order valence-corrected chi connectivity index (χ3v) is 9.78. The number of nitrogens with zero attached hydrogens (tertiary/aromatic N) is 2. The molecule has 3 aromatic carbocycles. The molecule has 1 saturated heterocycles. The zero-order chi connectivity index (χ0) is 30.9. The van der Waals surface area contributed by atoms with Gasteiger partial charge in [-0.15, -0.1) is 0 Å². The minimum Gasteiger partial charge on any atom is -0.481 e. The summed E-state index contributed by atoms with van der Waals surface area (Å²) in [5, 5.41) is 10.9. The molecule has 5 atom stereocenters. The van der Waals surface area contributed by atoms with Gasteiger partial charge in [0.1, 0.15) is 5.82 Å². The fraction of sp³-hybridized carbons (Fsp3) is 0.375. The predicted octanol–water partition coefficient (Wildman–Crippen LogP) is 7.09. The normalized spacial score (nSPS) is 23.8. The summed E-state index contributed by atoms with van der Waals surface area (Å²) in [5.74, 6) is -2.25. The van der Waals surface area contributed by atoms with Crippen LogP contribution in [0.5, 0.6) is 0 Å². The number of likely N-dealkylation sites (tertiary alicyclic amines) is 1. The lowest BCUT2D eigenvalue weighted by Crippen LogP contribution is -2.59. The summed E-state index contributed by atoms with van der Waals surface area (Å²) in [6, 6.07) is 19.5. The Morgan fingerprint density at radius 1 is 1.07 bits per heavy atom. The second kappa shape index (κ2) is 13.0. The molecule has 0 radical (unpaired) electrons. The molecule has 1 aliphatic heterocycles. The topological polar surface area (TPSA) is 98.2 Å². The van der Waals surface area contributed by atoms with Crippen LogP contribution in [0.4, 0.5) is 4.39 Å². The first-order valence-corrected chi connectivity index (χ1v) is 15.9. The summed E-state index contributed by atoms with van der Waals surface area (Å²) in [7, 11) is 0. The quantitative estimate of drug-likeness (QED) is 0.217. The summed E-state index contributed by atoms with van der Waals surface area (Å²) in [6.45, 7) is 1.53. The van der Waals surface area contributed by atoms with Crippen LogP contribution in [-0.2, 0) is 27.4 Å². The Hall–Kier alpha value is -2.82. The second-order valence-corrected chi connectivity index (χ2v) is 13.6. The van der Waals surface area contributed by atoms with Crippen molar-refractivity contribution in [3.05, 3.63) is 105 Å². The van der Waals surface area contributed by atoms with Gasteiger partial charge >= 0.3 is 5.97 Å². The predicted molar refractivity (Wildman–Crippen MR) is 164 cm³/mol. The van der Waals surface area contributed by atoms with Gasteiger partial charge in [0.25, 0.3) is 0 Å². The van der Waals surface area contributed by atoms with E-state index in [-0.39, 0.29) is 49.2 Å². The van der Waals surface area contributed by atoms with Crippen molar-refractivity contribution in [1.29, 1.82) is 0 Å². The number of carbonyl (C=O) groups excluding carboxylic acids is 1. The molecule has 2 aliphatic rings. The molecule has 43 heavy (non-hydrogen) atoms. The second-order valence-electron chi connectivity index (χ2n) is 11.8.